The molecule has 0 heterocycles. The highest BCUT2D eigenvalue weighted by molar-refractivity contribution is 5.91. The molecule has 0 radical (unpaired) electrons. The molecular weight excluding hydrogens is 302 g/mol. The number of benzene rings is 1. The average Bonchev–Trinajstić information content (AvgIpc) is 2.57. The van der Waals surface area contributed by atoms with E-state index in [2.05, 4.69) is 24.1 Å². The quantitative estimate of drug-likeness (QED) is 0.752. The van der Waals surface area contributed by atoms with Gasteiger partial charge in [0, 0.05) is 50.4 Å². The highest BCUT2D eigenvalue weighted by Crippen LogP contribution is 2.18. The van der Waals surface area contributed by atoms with Crippen molar-refractivity contribution in [1.29, 1.82) is 0 Å². The molecule has 0 spiro atoms. The molecule has 0 aliphatic carbocycles. The summed E-state index contributed by atoms with van der Waals surface area (Å²) in [5.41, 5.74) is 1.94. The van der Waals surface area contributed by atoms with E-state index in [-0.39, 0.29) is 17.9 Å². The largest absolute Gasteiger partial charge is 0.372 e. The molecule has 1 aromatic rings. The van der Waals surface area contributed by atoms with Crippen molar-refractivity contribution in [3.05, 3.63) is 24.3 Å². The van der Waals surface area contributed by atoms with Crippen molar-refractivity contribution < 1.29 is 9.59 Å². The molecule has 0 aliphatic heterocycles. The van der Waals surface area contributed by atoms with Crippen molar-refractivity contribution in [2.45, 2.75) is 53.5 Å². The summed E-state index contributed by atoms with van der Waals surface area (Å²) in [5, 5.41) is 2.90. The van der Waals surface area contributed by atoms with Crippen molar-refractivity contribution in [2.75, 3.05) is 29.9 Å². The first kappa shape index (κ1) is 20.0. The third-order valence-electron chi connectivity index (χ3n) is 4.39. The molecular formula is C19H31N3O2. The van der Waals surface area contributed by atoms with Gasteiger partial charge in [-0.2, -0.15) is 0 Å². The molecule has 1 N–H and O–H groups in total. The van der Waals surface area contributed by atoms with Gasteiger partial charge in [0.25, 0.3) is 0 Å². The highest BCUT2D eigenvalue weighted by atomic mass is 16.2. The van der Waals surface area contributed by atoms with Gasteiger partial charge in [0.05, 0.1) is 0 Å². The first-order chi connectivity index (χ1) is 11.4. The molecule has 5 heteroatoms. The molecule has 24 heavy (non-hydrogen) atoms. The lowest BCUT2D eigenvalue weighted by molar-refractivity contribution is -0.131. The van der Waals surface area contributed by atoms with Crippen LogP contribution in [0.1, 0.15) is 47.5 Å². The maximum absolute atomic E-state index is 12.1. The van der Waals surface area contributed by atoms with Gasteiger partial charge < -0.3 is 15.1 Å². The Labute approximate surface area is 146 Å². The molecule has 1 rings (SSSR count). The van der Waals surface area contributed by atoms with Gasteiger partial charge in [-0.3, -0.25) is 9.59 Å². The molecule has 0 aliphatic rings. The molecule has 0 aromatic heterocycles. The Hall–Kier alpha value is -2.04. The number of carbonyl (C=O) groups excluding carboxylic acids is 2. The molecule has 0 saturated carbocycles. The van der Waals surface area contributed by atoms with Crippen molar-refractivity contribution in [3.8, 4) is 0 Å². The second kappa shape index (κ2) is 9.96. The number of hydrogen-bond acceptors (Lipinski definition) is 3. The van der Waals surface area contributed by atoms with Crippen molar-refractivity contribution in [1.82, 2.24) is 4.90 Å². The van der Waals surface area contributed by atoms with Crippen LogP contribution in [0, 0.1) is 0 Å². The van der Waals surface area contributed by atoms with E-state index in [1.807, 2.05) is 38.1 Å². The van der Waals surface area contributed by atoms with Gasteiger partial charge in [0.15, 0.2) is 0 Å². The summed E-state index contributed by atoms with van der Waals surface area (Å²) in [6, 6.07) is 8.03. The molecule has 2 amide bonds. The van der Waals surface area contributed by atoms with Gasteiger partial charge in [0.2, 0.25) is 11.8 Å². The fraction of sp³-hybridized carbons (Fsp3) is 0.579. The van der Waals surface area contributed by atoms with Crippen LogP contribution in [-0.4, -0.2) is 42.4 Å². The van der Waals surface area contributed by atoms with Crippen molar-refractivity contribution in [2.24, 2.45) is 0 Å². The Morgan fingerprint density at radius 1 is 1.08 bits per heavy atom. The summed E-state index contributed by atoms with van der Waals surface area (Å²) in [5.74, 6) is -0.0548. The van der Waals surface area contributed by atoms with Gasteiger partial charge in [0.1, 0.15) is 0 Å². The fourth-order valence-corrected chi connectivity index (χ4v) is 2.70. The number of nitrogens with zero attached hydrogens (tertiary/aromatic N) is 2. The minimum atomic E-state index is -0.0693. The summed E-state index contributed by atoms with van der Waals surface area (Å²) >= 11 is 0. The Morgan fingerprint density at radius 2 is 1.67 bits per heavy atom. The SMILES string of the molecule is CCC(C)N(CCC(=O)Nc1ccc(N(CC)CC)cc1)C(C)=O. The zero-order valence-corrected chi connectivity index (χ0v) is 15.6. The summed E-state index contributed by atoms with van der Waals surface area (Å²) in [4.78, 5) is 27.8. The van der Waals surface area contributed by atoms with E-state index in [1.165, 1.54) is 0 Å². The Balaban J connectivity index is 2.57. The van der Waals surface area contributed by atoms with Gasteiger partial charge in [-0.15, -0.1) is 0 Å². The summed E-state index contributed by atoms with van der Waals surface area (Å²) in [6.07, 6.45) is 1.19. The van der Waals surface area contributed by atoms with Gasteiger partial charge in [-0.05, 0) is 51.5 Å². The van der Waals surface area contributed by atoms with Gasteiger partial charge >= 0.3 is 0 Å². The number of carbonyl (C=O) groups is 2. The van der Waals surface area contributed by atoms with Gasteiger partial charge in [-0.1, -0.05) is 6.92 Å². The fourth-order valence-electron chi connectivity index (χ4n) is 2.70. The molecule has 0 fully saturated rings. The van der Waals surface area contributed by atoms with E-state index in [1.54, 1.807) is 11.8 Å². The third-order valence-corrected chi connectivity index (χ3v) is 4.39. The molecule has 1 unspecified atom stereocenters. The predicted molar refractivity (Wildman–Crippen MR) is 100 cm³/mol. The van der Waals surface area contributed by atoms with Crippen LogP contribution in [0.4, 0.5) is 11.4 Å². The Kier molecular flexibility index (Phi) is 8.30. The standard InChI is InChI=1S/C19H31N3O2/c1-6-15(4)22(16(5)23)14-13-19(24)20-17-9-11-18(12-10-17)21(7-2)8-3/h9-12,15H,6-8,13-14H2,1-5H3,(H,20,24). The lowest BCUT2D eigenvalue weighted by atomic mass is 10.2. The van der Waals surface area contributed by atoms with E-state index >= 15 is 0 Å². The number of nitrogens with one attached hydrogen (secondary N) is 1. The van der Waals surface area contributed by atoms with Crippen molar-refractivity contribution >= 4 is 23.2 Å². The Bertz CT molecular complexity index is 524. The van der Waals surface area contributed by atoms with Crippen LogP contribution in [0.25, 0.3) is 0 Å². The smallest absolute Gasteiger partial charge is 0.226 e. The first-order valence-electron chi connectivity index (χ1n) is 8.84. The lowest BCUT2D eigenvalue weighted by Crippen LogP contribution is -2.38. The molecule has 0 bridgehead atoms. The molecule has 1 aromatic carbocycles. The normalized spacial score (nSPS) is 11.7. The molecule has 5 nitrogen and oxygen atoms in total. The van der Waals surface area contributed by atoms with E-state index in [0.29, 0.717) is 13.0 Å². The average molecular weight is 333 g/mol. The minimum Gasteiger partial charge on any atom is -0.372 e. The second-order valence-corrected chi connectivity index (χ2v) is 5.99. The molecule has 0 saturated heterocycles. The van der Waals surface area contributed by atoms with E-state index < -0.39 is 0 Å². The van der Waals surface area contributed by atoms with Crippen LogP contribution >= 0.6 is 0 Å². The zero-order valence-electron chi connectivity index (χ0n) is 15.6. The zero-order chi connectivity index (χ0) is 18.1. The molecule has 1 atom stereocenters. The van der Waals surface area contributed by atoms with Crippen LogP contribution in [-0.2, 0) is 9.59 Å². The van der Waals surface area contributed by atoms with Crippen LogP contribution in [0.3, 0.4) is 0 Å². The third kappa shape index (κ3) is 5.87. The summed E-state index contributed by atoms with van der Waals surface area (Å²) < 4.78 is 0. The van der Waals surface area contributed by atoms with Crippen LogP contribution in [0.2, 0.25) is 0 Å². The number of anilines is 2. The number of hydrogen-bond donors (Lipinski definition) is 1. The van der Waals surface area contributed by atoms with E-state index in [9.17, 15) is 9.59 Å². The minimum absolute atomic E-state index is 0.0146. The Morgan fingerprint density at radius 3 is 2.12 bits per heavy atom. The van der Waals surface area contributed by atoms with Crippen LogP contribution in [0.5, 0.6) is 0 Å². The topological polar surface area (TPSA) is 52.7 Å². The van der Waals surface area contributed by atoms with E-state index in [0.717, 1.165) is 30.9 Å². The second-order valence-electron chi connectivity index (χ2n) is 5.99. The van der Waals surface area contributed by atoms with Crippen LogP contribution in [0.15, 0.2) is 24.3 Å². The lowest BCUT2D eigenvalue weighted by Gasteiger charge is -2.27. The number of rotatable bonds is 9. The van der Waals surface area contributed by atoms with Crippen LogP contribution < -0.4 is 10.2 Å². The maximum atomic E-state index is 12.1. The number of amides is 2. The van der Waals surface area contributed by atoms with E-state index in [4.69, 9.17) is 0 Å². The maximum Gasteiger partial charge on any atom is 0.226 e. The summed E-state index contributed by atoms with van der Waals surface area (Å²) in [6.45, 7) is 12.2. The van der Waals surface area contributed by atoms with Gasteiger partial charge in [-0.25, -0.2) is 0 Å². The monoisotopic (exact) mass is 333 g/mol. The molecule has 134 valence electrons. The predicted octanol–water partition coefficient (Wildman–Crippen LogP) is 3.51. The summed E-state index contributed by atoms with van der Waals surface area (Å²) in [7, 11) is 0. The first-order valence-corrected chi connectivity index (χ1v) is 8.84. The highest BCUT2D eigenvalue weighted by Gasteiger charge is 2.16. The van der Waals surface area contributed by atoms with Crippen molar-refractivity contribution in [3.63, 3.8) is 0 Å².